The van der Waals surface area contributed by atoms with Crippen molar-refractivity contribution in [1.82, 2.24) is 15.0 Å². The number of fused-ring (bicyclic) bond motifs is 1. The molecule has 4 nitrogen and oxygen atoms in total. The standard InChI is InChI=1S/C21H19N3O/c1-21(2,15-9-4-3-5-10-15)16-11-8-14-19(25)20(16)24-22-17-12-6-7-13-18(17)23-24/h3-14,25H,1-2H3. The van der Waals surface area contributed by atoms with Gasteiger partial charge in [0.2, 0.25) is 0 Å². The topological polar surface area (TPSA) is 50.9 Å². The van der Waals surface area contributed by atoms with Crippen LogP contribution in [-0.4, -0.2) is 20.1 Å². The number of benzene rings is 3. The van der Waals surface area contributed by atoms with Gasteiger partial charge in [-0.05, 0) is 29.3 Å². The molecule has 3 aromatic carbocycles. The lowest BCUT2D eigenvalue weighted by atomic mass is 9.77. The number of phenols is 1. The van der Waals surface area contributed by atoms with Crippen LogP contribution in [0.3, 0.4) is 0 Å². The Morgan fingerprint density at radius 2 is 1.36 bits per heavy atom. The number of aromatic nitrogens is 3. The number of nitrogens with zero attached hydrogens (tertiary/aromatic N) is 3. The first kappa shape index (κ1) is 15.4. The van der Waals surface area contributed by atoms with Crippen LogP contribution < -0.4 is 0 Å². The van der Waals surface area contributed by atoms with Crippen molar-refractivity contribution in [2.75, 3.05) is 0 Å². The molecule has 124 valence electrons. The summed E-state index contributed by atoms with van der Waals surface area (Å²) >= 11 is 0. The molecule has 4 rings (SSSR count). The van der Waals surface area contributed by atoms with E-state index in [-0.39, 0.29) is 11.2 Å². The first-order valence-electron chi connectivity index (χ1n) is 8.28. The van der Waals surface area contributed by atoms with Gasteiger partial charge >= 0.3 is 0 Å². The van der Waals surface area contributed by atoms with Crippen LogP contribution in [0.25, 0.3) is 16.7 Å². The maximum atomic E-state index is 10.6. The Labute approximate surface area is 146 Å². The highest BCUT2D eigenvalue weighted by molar-refractivity contribution is 5.74. The highest BCUT2D eigenvalue weighted by atomic mass is 16.3. The SMILES string of the molecule is CC(C)(c1ccccc1)c1cccc(O)c1-n1nc2ccccc2n1. The van der Waals surface area contributed by atoms with Crippen LogP contribution in [0.4, 0.5) is 0 Å². The molecule has 0 aliphatic heterocycles. The molecule has 0 saturated carbocycles. The van der Waals surface area contributed by atoms with E-state index in [0.717, 1.165) is 16.6 Å². The zero-order valence-corrected chi connectivity index (χ0v) is 14.2. The molecule has 0 amide bonds. The summed E-state index contributed by atoms with van der Waals surface area (Å²) in [5, 5.41) is 19.7. The summed E-state index contributed by atoms with van der Waals surface area (Å²) in [6.45, 7) is 4.29. The van der Waals surface area contributed by atoms with Crippen molar-refractivity contribution in [1.29, 1.82) is 0 Å². The molecule has 4 aromatic rings. The number of hydrogen-bond acceptors (Lipinski definition) is 3. The van der Waals surface area contributed by atoms with Gasteiger partial charge in [0.25, 0.3) is 0 Å². The lowest BCUT2D eigenvalue weighted by molar-refractivity contribution is 0.463. The Kier molecular flexibility index (Phi) is 3.53. The summed E-state index contributed by atoms with van der Waals surface area (Å²) in [6.07, 6.45) is 0. The van der Waals surface area contributed by atoms with Crippen molar-refractivity contribution < 1.29 is 5.11 Å². The summed E-state index contributed by atoms with van der Waals surface area (Å²) in [7, 11) is 0. The highest BCUT2D eigenvalue weighted by Crippen LogP contribution is 2.38. The van der Waals surface area contributed by atoms with Gasteiger partial charge in [-0.25, -0.2) is 0 Å². The lowest BCUT2D eigenvalue weighted by Gasteiger charge is -2.28. The van der Waals surface area contributed by atoms with Gasteiger partial charge in [-0.3, -0.25) is 0 Å². The number of phenolic OH excluding ortho intramolecular Hbond substituents is 1. The van der Waals surface area contributed by atoms with Gasteiger partial charge in [0.1, 0.15) is 22.5 Å². The van der Waals surface area contributed by atoms with E-state index in [1.54, 1.807) is 10.9 Å². The molecule has 0 bridgehead atoms. The quantitative estimate of drug-likeness (QED) is 0.604. The van der Waals surface area contributed by atoms with Crippen LogP contribution in [0, 0.1) is 0 Å². The molecule has 0 radical (unpaired) electrons. The zero-order valence-electron chi connectivity index (χ0n) is 14.2. The van der Waals surface area contributed by atoms with Gasteiger partial charge < -0.3 is 5.11 Å². The molecule has 1 heterocycles. The van der Waals surface area contributed by atoms with Crippen molar-refractivity contribution in [3.63, 3.8) is 0 Å². The molecule has 0 saturated heterocycles. The molecule has 1 N–H and O–H groups in total. The van der Waals surface area contributed by atoms with Gasteiger partial charge in [0.05, 0.1) is 0 Å². The molecular formula is C21H19N3O. The first-order chi connectivity index (χ1) is 12.1. The normalized spacial score (nSPS) is 11.8. The van der Waals surface area contributed by atoms with Crippen LogP contribution in [0.1, 0.15) is 25.0 Å². The second-order valence-corrected chi connectivity index (χ2v) is 6.64. The van der Waals surface area contributed by atoms with E-state index in [4.69, 9.17) is 0 Å². The molecule has 0 atom stereocenters. The van der Waals surface area contributed by atoms with Crippen molar-refractivity contribution in [3.05, 3.63) is 83.9 Å². The zero-order chi connectivity index (χ0) is 17.4. The third-order valence-electron chi connectivity index (χ3n) is 4.67. The fourth-order valence-electron chi connectivity index (χ4n) is 3.22. The van der Waals surface area contributed by atoms with E-state index < -0.39 is 0 Å². The number of rotatable bonds is 3. The van der Waals surface area contributed by atoms with Crippen molar-refractivity contribution >= 4 is 11.0 Å². The largest absolute Gasteiger partial charge is 0.506 e. The molecule has 0 spiro atoms. The summed E-state index contributed by atoms with van der Waals surface area (Å²) in [5.74, 6) is 0.168. The molecule has 1 aromatic heterocycles. The van der Waals surface area contributed by atoms with Crippen LogP contribution in [-0.2, 0) is 5.41 Å². The molecule has 4 heteroatoms. The minimum absolute atomic E-state index is 0.168. The summed E-state index contributed by atoms with van der Waals surface area (Å²) in [6, 6.07) is 23.5. The van der Waals surface area contributed by atoms with E-state index in [0.29, 0.717) is 5.69 Å². The average molecular weight is 329 g/mol. The molecular weight excluding hydrogens is 310 g/mol. The summed E-state index contributed by atoms with van der Waals surface area (Å²) in [5.41, 5.74) is 4.04. The summed E-state index contributed by atoms with van der Waals surface area (Å²) < 4.78 is 0. The minimum Gasteiger partial charge on any atom is -0.506 e. The Bertz CT molecular complexity index is 1000. The fraction of sp³-hybridized carbons (Fsp3) is 0.143. The second-order valence-electron chi connectivity index (χ2n) is 6.64. The van der Waals surface area contributed by atoms with E-state index >= 15 is 0 Å². The molecule has 0 unspecified atom stereocenters. The Hall–Kier alpha value is -3.14. The number of aromatic hydroxyl groups is 1. The fourth-order valence-corrected chi connectivity index (χ4v) is 3.22. The summed E-state index contributed by atoms with van der Waals surface area (Å²) in [4.78, 5) is 1.54. The molecule has 0 aliphatic rings. The van der Waals surface area contributed by atoms with E-state index in [2.05, 4.69) is 36.2 Å². The Balaban J connectivity index is 1.95. The Morgan fingerprint density at radius 3 is 2.00 bits per heavy atom. The van der Waals surface area contributed by atoms with E-state index in [1.165, 1.54) is 5.56 Å². The van der Waals surface area contributed by atoms with Gasteiger partial charge in [0.15, 0.2) is 0 Å². The van der Waals surface area contributed by atoms with Gasteiger partial charge in [-0.2, -0.15) is 0 Å². The maximum absolute atomic E-state index is 10.6. The lowest BCUT2D eigenvalue weighted by Crippen LogP contribution is -2.22. The van der Waals surface area contributed by atoms with Crippen LogP contribution >= 0.6 is 0 Å². The maximum Gasteiger partial charge on any atom is 0.143 e. The second kappa shape index (κ2) is 5.74. The third kappa shape index (κ3) is 2.56. The molecule has 0 aliphatic carbocycles. The minimum atomic E-state index is -0.310. The number of para-hydroxylation sites is 1. The van der Waals surface area contributed by atoms with Gasteiger partial charge in [-0.1, -0.05) is 68.4 Å². The smallest absolute Gasteiger partial charge is 0.143 e. The predicted octanol–water partition coefficient (Wildman–Crippen LogP) is 4.45. The molecule has 25 heavy (non-hydrogen) atoms. The van der Waals surface area contributed by atoms with Gasteiger partial charge in [0, 0.05) is 5.41 Å². The van der Waals surface area contributed by atoms with Crippen LogP contribution in [0.5, 0.6) is 5.75 Å². The number of hydrogen-bond donors (Lipinski definition) is 1. The highest BCUT2D eigenvalue weighted by Gasteiger charge is 2.28. The monoisotopic (exact) mass is 329 g/mol. The predicted molar refractivity (Wildman–Crippen MR) is 99.1 cm³/mol. The molecule has 0 fully saturated rings. The van der Waals surface area contributed by atoms with Gasteiger partial charge in [-0.15, -0.1) is 15.0 Å². The van der Waals surface area contributed by atoms with Crippen molar-refractivity contribution in [3.8, 4) is 11.4 Å². The van der Waals surface area contributed by atoms with E-state index in [1.807, 2.05) is 54.6 Å². The average Bonchev–Trinajstić information content (AvgIpc) is 3.06. The Morgan fingerprint density at radius 1 is 0.760 bits per heavy atom. The third-order valence-corrected chi connectivity index (χ3v) is 4.67. The van der Waals surface area contributed by atoms with Crippen LogP contribution in [0.2, 0.25) is 0 Å². The van der Waals surface area contributed by atoms with Crippen LogP contribution in [0.15, 0.2) is 72.8 Å². The first-order valence-corrected chi connectivity index (χ1v) is 8.28. The van der Waals surface area contributed by atoms with E-state index in [9.17, 15) is 5.11 Å². The van der Waals surface area contributed by atoms with Crippen molar-refractivity contribution in [2.24, 2.45) is 0 Å². The van der Waals surface area contributed by atoms with Crippen molar-refractivity contribution in [2.45, 2.75) is 19.3 Å².